The summed E-state index contributed by atoms with van der Waals surface area (Å²) in [4.78, 5) is 11.0. The molecule has 130 valence electrons. The molecule has 0 amide bonds. The molecule has 0 aliphatic heterocycles. The van der Waals surface area contributed by atoms with Crippen molar-refractivity contribution >= 4 is 26.1 Å². The van der Waals surface area contributed by atoms with Crippen molar-refractivity contribution in [3.8, 4) is 5.75 Å². The van der Waals surface area contributed by atoms with Crippen LogP contribution in [-0.2, 0) is 24.9 Å². The van der Waals surface area contributed by atoms with E-state index in [1.54, 1.807) is 0 Å². The molecule has 0 bridgehead atoms. The molecule has 23 heavy (non-hydrogen) atoms. The molecule has 0 fully saturated rings. The van der Waals surface area contributed by atoms with Crippen LogP contribution in [0.25, 0.3) is 0 Å². The number of sulfonamides is 1. The summed E-state index contributed by atoms with van der Waals surface area (Å²) in [7, 11) is -8.15. The number of carbonyl (C=O) groups excluding carboxylic acids is 1. The number of hydrogen-bond acceptors (Lipinski definition) is 7. The first-order valence-corrected chi connectivity index (χ1v) is 8.41. The number of rotatable bonds is 5. The topological polar surface area (TPSA) is 116 Å². The fourth-order valence-corrected chi connectivity index (χ4v) is 2.53. The van der Waals surface area contributed by atoms with E-state index in [1.807, 2.05) is 4.72 Å². The average molecular weight is 377 g/mol. The summed E-state index contributed by atoms with van der Waals surface area (Å²) in [6, 6.07) is 1.98. The molecule has 0 spiro atoms. The van der Waals surface area contributed by atoms with E-state index >= 15 is 0 Å². The maximum Gasteiger partial charge on any atom is 0.534 e. The Morgan fingerprint density at radius 1 is 1.17 bits per heavy atom. The highest BCUT2D eigenvalue weighted by Crippen LogP contribution is 2.30. The molecule has 0 saturated heterocycles. The van der Waals surface area contributed by atoms with Gasteiger partial charge in [-0.3, -0.25) is 0 Å². The summed E-state index contributed by atoms with van der Waals surface area (Å²) in [5.74, 6) is -2.31. The number of methoxy groups -OCH3 is 1. The first kappa shape index (κ1) is 19.2. The van der Waals surface area contributed by atoms with E-state index in [0.29, 0.717) is 12.1 Å². The van der Waals surface area contributed by atoms with Gasteiger partial charge < -0.3 is 8.92 Å². The molecule has 0 saturated carbocycles. The minimum absolute atomic E-state index is 0.503. The van der Waals surface area contributed by atoms with Gasteiger partial charge in [0.2, 0.25) is 10.0 Å². The van der Waals surface area contributed by atoms with Crippen molar-refractivity contribution in [1.29, 1.82) is 0 Å². The van der Waals surface area contributed by atoms with Crippen LogP contribution in [0, 0.1) is 0 Å². The number of carbonyl (C=O) groups is 1. The first-order chi connectivity index (χ1) is 10.4. The number of alkyl halides is 3. The zero-order chi connectivity index (χ0) is 18.1. The lowest BCUT2D eigenvalue weighted by Crippen LogP contribution is -2.28. The van der Waals surface area contributed by atoms with Gasteiger partial charge in [-0.05, 0) is 25.2 Å². The van der Waals surface area contributed by atoms with Crippen LogP contribution in [0.1, 0.15) is 10.4 Å². The summed E-state index contributed by atoms with van der Waals surface area (Å²) in [5.41, 5.74) is -6.53. The molecule has 1 aromatic rings. The summed E-state index contributed by atoms with van der Waals surface area (Å²) >= 11 is 0. The van der Waals surface area contributed by atoms with Crippen LogP contribution >= 0.6 is 0 Å². The number of halogens is 3. The van der Waals surface area contributed by atoms with Gasteiger partial charge >= 0.3 is 21.6 Å². The summed E-state index contributed by atoms with van der Waals surface area (Å²) in [6.45, 7) is 0. The van der Waals surface area contributed by atoms with Crippen molar-refractivity contribution in [2.45, 2.75) is 10.4 Å². The van der Waals surface area contributed by atoms with Gasteiger partial charge in [-0.1, -0.05) is 0 Å². The Morgan fingerprint density at radius 3 is 2.17 bits per heavy atom. The van der Waals surface area contributed by atoms with E-state index in [9.17, 15) is 34.8 Å². The lowest BCUT2D eigenvalue weighted by atomic mass is 10.2. The van der Waals surface area contributed by atoms with Crippen molar-refractivity contribution in [3.05, 3.63) is 23.8 Å². The summed E-state index contributed by atoms with van der Waals surface area (Å²) in [5, 5.41) is 0. The van der Waals surface area contributed by atoms with E-state index in [1.165, 1.54) is 0 Å². The Morgan fingerprint density at radius 2 is 1.74 bits per heavy atom. The Bertz CT molecular complexity index is 815. The second-order valence-electron chi connectivity index (χ2n) is 3.84. The lowest BCUT2D eigenvalue weighted by Gasteiger charge is -2.13. The molecular weight excluding hydrogens is 367 g/mol. The smallest absolute Gasteiger partial charge is 0.465 e. The van der Waals surface area contributed by atoms with Gasteiger partial charge in [0.25, 0.3) is 0 Å². The molecule has 0 atom stereocenters. The molecule has 0 heterocycles. The van der Waals surface area contributed by atoms with Gasteiger partial charge in [-0.15, -0.1) is 0 Å². The highest BCUT2D eigenvalue weighted by Gasteiger charge is 2.49. The van der Waals surface area contributed by atoms with Gasteiger partial charge in [0.05, 0.1) is 12.0 Å². The fourth-order valence-electron chi connectivity index (χ4n) is 1.30. The lowest BCUT2D eigenvalue weighted by molar-refractivity contribution is -0.0500. The molecule has 0 unspecified atom stereocenters. The third-order valence-corrected chi connectivity index (χ3v) is 4.80. The van der Waals surface area contributed by atoms with Crippen LogP contribution in [0.15, 0.2) is 23.1 Å². The second kappa shape index (κ2) is 6.33. The molecule has 1 aromatic carbocycles. The minimum atomic E-state index is -6.04. The molecule has 0 radical (unpaired) electrons. The minimum Gasteiger partial charge on any atom is -0.465 e. The average Bonchev–Trinajstić information content (AvgIpc) is 2.45. The Hall–Kier alpha value is -1.86. The highest BCUT2D eigenvalue weighted by molar-refractivity contribution is 7.89. The Kier molecular flexibility index (Phi) is 5.28. The van der Waals surface area contributed by atoms with E-state index in [0.717, 1.165) is 20.2 Å². The number of esters is 1. The van der Waals surface area contributed by atoms with Crippen molar-refractivity contribution in [2.75, 3.05) is 14.2 Å². The highest BCUT2D eigenvalue weighted by atomic mass is 32.2. The van der Waals surface area contributed by atoms with Crippen molar-refractivity contribution < 1.29 is 43.7 Å². The van der Waals surface area contributed by atoms with E-state index in [-0.39, 0.29) is 0 Å². The van der Waals surface area contributed by atoms with Crippen molar-refractivity contribution in [2.24, 2.45) is 0 Å². The number of benzene rings is 1. The van der Waals surface area contributed by atoms with E-state index < -0.39 is 47.8 Å². The quantitative estimate of drug-likeness (QED) is 0.454. The van der Waals surface area contributed by atoms with Gasteiger partial charge in [0.1, 0.15) is 5.56 Å². The van der Waals surface area contributed by atoms with Crippen molar-refractivity contribution in [1.82, 2.24) is 4.72 Å². The van der Waals surface area contributed by atoms with Gasteiger partial charge in [0, 0.05) is 0 Å². The predicted molar refractivity (Wildman–Crippen MR) is 69.6 cm³/mol. The molecule has 1 N–H and O–H groups in total. The maximum atomic E-state index is 12.3. The number of nitrogens with one attached hydrogen (secondary N) is 1. The molecule has 13 heteroatoms. The zero-order valence-corrected chi connectivity index (χ0v) is 13.2. The van der Waals surface area contributed by atoms with Crippen LogP contribution in [0.2, 0.25) is 0 Å². The molecule has 0 aliphatic rings. The van der Waals surface area contributed by atoms with Crippen LogP contribution in [-0.4, -0.2) is 42.5 Å². The fraction of sp³-hybridized carbons (Fsp3) is 0.300. The van der Waals surface area contributed by atoms with Gasteiger partial charge in [-0.25, -0.2) is 17.9 Å². The first-order valence-electron chi connectivity index (χ1n) is 5.52. The third-order valence-electron chi connectivity index (χ3n) is 2.42. The standard InChI is InChI=1S/C10H10F3NO7S2/c1-14-22(16,17)6-3-4-8(7(5-6)9(15)20-2)21-23(18,19)10(11,12)13/h3-5,14H,1-2H3. The van der Waals surface area contributed by atoms with E-state index in [2.05, 4.69) is 8.92 Å². The van der Waals surface area contributed by atoms with Crippen LogP contribution in [0.5, 0.6) is 5.75 Å². The van der Waals surface area contributed by atoms with Gasteiger partial charge in [-0.2, -0.15) is 21.6 Å². The Labute approximate surface area is 129 Å². The summed E-state index contributed by atoms with van der Waals surface area (Å²) < 4.78 is 92.2. The molecular formula is C10H10F3NO7S2. The normalized spacial score (nSPS) is 12.7. The van der Waals surface area contributed by atoms with Crippen LogP contribution in [0.3, 0.4) is 0 Å². The Balaban J connectivity index is 3.48. The molecule has 0 aliphatic carbocycles. The maximum absolute atomic E-state index is 12.3. The molecule has 8 nitrogen and oxygen atoms in total. The molecule has 1 rings (SSSR count). The van der Waals surface area contributed by atoms with Crippen molar-refractivity contribution in [3.63, 3.8) is 0 Å². The second-order valence-corrected chi connectivity index (χ2v) is 7.26. The summed E-state index contributed by atoms with van der Waals surface area (Å²) in [6.07, 6.45) is 0. The van der Waals surface area contributed by atoms with Crippen LogP contribution < -0.4 is 8.91 Å². The van der Waals surface area contributed by atoms with E-state index in [4.69, 9.17) is 0 Å². The third kappa shape index (κ3) is 4.11. The largest absolute Gasteiger partial charge is 0.534 e. The number of ether oxygens (including phenoxy) is 1. The predicted octanol–water partition coefficient (Wildman–Crippen LogP) is 0.610. The van der Waals surface area contributed by atoms with Crippen LogP contribution in [0.4, 0.5) is 13.2 Å². The number of hydrogen-bond donors (Lipinski definition) is 1. The zero-order valence-electron chi connectivity index (χ0n) is 11.5. The molecule has 0 aromatic heterocycles. The monoisotopic (exact) mass is 377 g/mol. The SMILES string of the molecule is CNS(=O)(=O)c1ccc(OS(=O)(=O)C(F)(F)F)c(C(=O)OC)c1. The van der Waals surface area contributed by atoms with Gasteiger partial charge in [0.15, 0.2) is 5.75 Å².